The number of esters is 2. The third-order valence-corrected chi connectivity index (χ3v) is 11.3. The van der Waals surface area contributed by atoms with Crippen molar-refractivity contribution in [1.29, 1.82) is 0 Å². The highest BCUT2D eigenvalue weighted by Crippen LogP contribution is 2.22. The Kier molecular flexibility index (Phi) is 24.8. The third kappa shape index (κ3) is 19.6. The van der Waals surface area contributed by atoms with Gasteiger partial charge >= 0.3 is 11.9 Å². The lowest BCUT2D eigenvalue weighted by Gasteiger charge is -2.23. The predicted molar refractivity (Wildman–Crippen MR) is 275 cm³/mol. The molecule has 0 radical (unpaired) electrons. The maximum Gasteiger partial charge on any atom is 0.343 e. The van der Waals surface area contributed by atoms with Crippen LogP contribution in [-0.4, -0.2) is 64.1 Å². The maximum absolute atomic E-state index is 12.4. The van der Waals surface area contributed by atoms with Crippen LogP contribution in [0.1, 0.15) is 124 Å². The number of anilines is 1. The highest BCUT2D eigenvalue weighted by Gasteiger charge is 2.16. The van der Waals surface area contributed by atoms with E-state index in [2.05, 4.69) is 44.0 Å². The Morgan fingerprint density at radius 2 is 0.776 bits per heavy atom. The number of ether oxygens (including phenoxy) is 2. The van der Waals surface area contributed by atoms with E-state index in [9.17, 15) is 19.2 Å². The van der Waals surface area contributed by atoms with Gasteiger partial charge in [0.1, 0.15) is 17.2 Å². The molecule has 0 aliphatic rings. The summed E-state index contributed by atoms with van der Waals surface area (Å²) >= 11 is 3.46. The van der Waals surface area contributed by atoms with Crippen LogP contribution >= 0.6 is 15.9 Å². The molecule has 6 aromatic carbocycles. The second kappa shape index (κ2) is 29.9. The van der Waals surface area contributed by atoms with Gasteiger partial charge in [-0.25, -0.2) is 9.59 Å². The Labute approximate surface area is 417 Å². The standard InChI is InChI=1S/C23H22NO3.C22H19NO3.C12H25Br.BrH/c1-24(2,3)20-13-9-19(10-14-20)23(26)27-21-15-11-18(12-16-21)22(25)17-7-5-4-6-8-17;1-23(2)19-12-8-18(9-13-19)22(25)26-20-14-10-17(11-15-20)21(24)16-6-4-3-5-7-16;1-2-3-4-5-6-7-8-9-10-11-12-13;/h4-16H,1-3H3;3-15H,1-2H3;2-12H2,1H3;1H/q+1;;;/p-1. The summed E-state index contributed by atoms with van der Waals surface area (Å²) in [5.74, 6) is -0.189. The van der Waals surface area contributed by atoms with Crippen LogP contribution in [0.5, 0.6) is 11.5 Å². The van der Waals surface area contributed by atoms with E-state index < -0.39 is 11.9 Å². The summed E-state index contributed by atoms with van der Waals surface area (Å²) in [5, 5.41) is 1.18. The first-order chi connectivity index (χ1) is 31.8. The van der Waals surface area contributed by atoms with Gasteiger partial charge in [0.2, 0.25) is 0 Å². The average molecular weight is 1030 g/mol. The fourth-order valence-corrected chi connectivity index (χ4v) is 7.11. The molecule has 0 amide bonds. The average Bonchev–Trinajstić information content (AvgIpc) is 3.34. The normalized spacial score (nSPS) is 10.5. The van der Waals surface area contributed by atoms with Crippen molar-refractivity contribution in [3.63, 3.8) is 0 Å². The molecule has 0 fully saturated rings. The van der Waals surface area contributed by atoms with Gasteiger partial charge in [0.15, 0.2) is 11.6 Å². The maximum atomic E-state index is 12.4. The predicted octanol–water partition coefficient (Wildman–Crippen LogP) is 10.8. The fraction of sp³-hybridized carbons (Fsp3) is 0.298. The molecule has 6 aromatic rings. The van der Waals surface area contributed by atoms with Crippen LogP contribution in [0.25, 0.3) is 0 Å². The summed E-state index contributed by atoms with van der Waals surface area (Å²) in [4.78, 5) is 51.3. The minimum Gasteiger partial charge on any atom is -1.00 e. The highest BCUT2D eigenvalue weighted by molar-refractivity contribution is 9.09. The minimum atomic E-state index is -0.433. The zero-order chi connectivity index (χ0) is 47.7. The van der Waals surface area contributed by atoms with Crippen LogP contribution < -0.4 is 35.8 Å². The Morgan fingerprint density at radius 1 is 0.448 bits per heavy atom. The third-order valence-electron chi connectivity index (χ3n) is 10.7. The minimum absolute atomic E-state index is 0. The zero-order valence-electron chi connectivity index (χ0n) is 39.9. The molecule has 0 aliphatic carbocycles. The summed E-state index contributed by atoms with van der Waals surface area (Å²) in [7, 11) is 10.1. The number of nitrogens with zero attached hydrogens (tertiary/aromatic N) is 2. The molecular formula is C57H66Br2N2O6. The molecule has 354 valence electrons. The van der Waals surface area contributed by atoms with E-state index >= 15 is 0 Å². The number of carbonyl (C=O) groups is 4. The Hall–Kier alpha value is -5.68. The molecule has 0 N–H and O–H groups in total. The monoisotopic (exact) mass is 1030 g/mol. The largest absolute Gasteiger partial charge is 1.00 e. The number of alkyl halides is 1. The highest BCUT2D eigenvalue weighted by atomic mass is 79.9. The molecule has 0 spiro atoms. The Bertz CT molecular complexity index is 2350. The SMILES string of the molecule is CCCCCCCCCCCCBr.CN(C)c1ccc(C(=O)Oc2ccc(C(=O)c3ccccc3)cc2)cc1.C[N+](C)(C)c1ccc(C(=O)Oc2ccc(C(=O)c3ccccc3)cc2)cc1.[Br-]. The topological polar surface area (TPSA) is 90.0 Å². The van der Waals surface area contributed by atoms with E-state index in [4.69, 9.17) is 9.47 Å². The van der Waals surface area contributed by atoms with Crippen LogP contribution in [0.3, 0.4) is 0 Å². The number of carbonyl (C=O) groups excluding carboxylic acids is 4. The fourth-order valence-electron chi connectivity index (χ4n) is 6.72. The van der Waals surface area contributed by atoms with Crippen molar-refractivity contribution >= 4 is 50.8 Å². The number of ketones is 2. The van der Waals surface area contributed by atoms with E-state index in [1.54, 1.807) is 97.1 Å². The van der Waals surface area contributed by atoms with Crippen LogP contribution in [0, 0.1) is 0 Å². The molecule has 0 bridgehead atoms. The van der Waals surface area contributed by atoms with Gasteiger partial charge in [-0.3, -0.25) is 14.1 Å². The lowest BCUT2D eigenvalue weighted by molar-refractivity contribution is -0.0000522. The van der Waals surface area contributed by atoms with Crippen LogP contribution in [0.4, 0.5) is 11.4 Å². The van der Waals surface area contributed by atoms with Gasteiger partial charge in [-0.1, -0.05) is 141 Å². The van der Waals surface area contributed by atoms with Crippen LogP contribution in [0.15, 0.2) is 158 Å². The molecule has 67 heavy (non-hydrogen) atoms. The van der Waals surface area contributed by atoms with Crippen molar-refractivity contribution in [2.75, 3.05) is 45.5 Å². The lowest BCUT2D eigenvalue weighted by Crippen LogP contribution is -3.00. The number of quaternary nitrogens is 1. The van der Waals surface area contributed by atoms with Crippen molar-refractivity contribution in [1.82, 2.24) is 4.48 Å². The van der Waals surface area contributed by atoms with Crippen molar-refractivity contribution in [3.05, 3.63) is 191 Å². The number of rotatable bonds is 20. The molecule has 10 heteroatoms. The first-order valence-corrected chi connectivity index (χ1v) is 24.0. The van der Waals surface area contributed by atoms with Crippen molar-refractivity contribution in [2.45, 2.75) is 71.1 Å². The van der Waals surface area contributed by atoms with Gasteiger partial charge in [-0.05, 0) is 103 Å². The number of unbranched alkanes of at least 4 members (excludes halogenated alkanes) is 9. The Morgan fingerprint density at radius 3 is 1.12 bits per heavy atom. The number of hydrogen-bond acceptors (Lipinski definition) is 7. The van der Waals surface area contributed by atoms with E-state index in [-0.39, 0.29) is 28.5 Å². The number of halogens is 2. The summed E-state index contributed by atoms with van der Waals surface area (Å²) in [6.07, 6.45) is 14.3. The van der Waals surface area contributed by atoms with Crippen molar-refractivity contribution in [3.8, 4) is 11.5 Å². The van der Waals surface area contributed by atoms with Crippen LogP contribution in [0.2, 0.25) is 0 Å². The lowest BCUT2D eigenvalue weighted by atomic mass is 10.0. The quantitative estimate of drug-likeness (QED) is 0.0188. The number of hydrogen-bond donors (Lipinski definition) is 0. The first-order valence-electron chi connectivity index (χ1n) is 22.9. The molecule has 0 saturated carbocycles. The molecular weight excluding hydrogens is 968 g/mol. The van der Waals surface area contributed by atoms with E-state index in [1.165, 1.54) is 69.5 Å². The molecule has 0 atom stereocenters. The van der Waals surface area contributed by atoms with E-state index in [0.717, 1.165) is 11.4 Å². The van der Waals surface area contributed by atoms with Gasteiger partial charge in [0, 0.05) is 47.4 Å². The van der Waals surface area contributed by atoms with Gasteiger partial charge in [-0.15, -0.1) is 0 Å². The van der Waals surface area contributed by atoms with E-state index in [1.807, 2.05) is 79.7 Å². The van der Waals surface area contributed by atoms with Gasteiger partial charge < -0.3 is 31.4 Å². The summed E-state index contributed by atoms with van der Waals surface area (Å²) < 4.78 is 11.5. The zero-order valence-corrected chi connectivity index (χ0v) is 43.1. The van der Waals surface area contributed by atoms with Crippen molar-refractivity contribution in [2.24, 2.45) is 0 Å². The Balaban J connectivity index is 0.000000281. The molecule has 0 unspecified atom stereocenters. The van der Waals surface area contributed by atoms with E-state index in [0.29, 0.717) is 49.4 Å². The summed E-state index contributed by atoms with van der Waals surface area (Å²) in [6, 6.07) is 45.8. The van der Waals surface area contributed by atoms with Crippen LogP contribution in [-0.2, 0) is 0 Å². The van der Waals surface area contributed by atoms with Crippen molar-refractivity contribution < 1.29 is 45.6 Å². The number of benzene rings is 6. The molecule has 0 heterocycles. The van der Waals surface area contributed by atoms with Gasteiger partial charge in [0.05, 0.1) is 32.3 Å². The summed E-state index contributed by atoms with van der Waals surface area (Å²) in [5.41, 5.74) is 5.40. The second-order valence-electron chi connectivity index (χ2n) is 17.1. The van der Waals surface area contributed by atoms with Gasteiger partial charge in [0.25, 0.3) is 0 Å². The van der Waals surface area contributed by atoms with Gasteiger partial charge in [-0.2, -0.15) is 0 Å². The smallest absolute Gasteiger partial charge is 0.343 e. The molecule has 8 nitrogen and oxygen atoms in total. The molecule has 0 aromatic heterocycles. The summed E-state index contributed by atoms with van der Waals surface area (Å²) in [6.45, 7) is 2.28. The second-order valence-corrected chi connectivity index (χ2v) is 17.9. The molecule has 0 aliphatic heterocycles. The molecule has 6 rings (SSSR count). The molecule has 0 saturated heterocycles. The first kappa shape index (κ1) is 55.6.